The molecule has 2 unspecified atom stereocenters. The maximum Gasteiger partial charge on any atom is 0.0880 e. The van der Waals surface area contributed by atoms with Crippen molar-refractivity contribution in [2.75, 3.05) is 13.1 Å². The number of aliphatic hydroxyl groups is 2. The SMILES string of the molecule is CC(C)CCC[C@@H](C)[C@H]1CC[C@H]2[C@@H]3CC(NCCCN)[C@@]4(O)CC(O)CC[C@]4(C)[C@H]3CC[C@]12C. The summed E-state index contributed by atoms with van der Waals surface area (Å²) in [4.78, 5) is 0. The van der Waals surface area contributed by atoms with Gasteiger partial charge in [0.2, 0.25) is 0 Å². The van der Waals surface area contributed by atoms with Gasteiger partial charge in [-0.1, -0.05) is 53.9 Å². The minimum atomic E-state index is -0.809. The van der Waals surface area contributed by atoms with E-state index in [1.54, 1.807) is 0 Å². The van der Waals surface area contributed by atoms with Gasteiger partial charge in [0.25, 0.3) is 0 Å². The molecule has 0 bridgehead atoms. The van der Waals surface area contributed by atoms with Gasteiger partial charge in [-0.05, 0) is 105 Å². The smallest absolute Gasteiger partial charge is 0.0880 e. The molecule has 0 aromatic rings. The van der Waals surface area contributed by atoms with Crippen LogP contribution >= 0.6 is 0 Å². The first kappa shape index (κ1) is 26.9. The summed E-state index contributed by atoms with van der Waals surface area (Å²) in [6, 6.07) is 0.0742. The van der Waals surface area contributed by atoms with E-state index in [0.717, 1.165) is 55.9 Å². The van der Waals surface area contributed by atoms with E-state index in [1.165, 1.54) is 44.9 Å². The molecule has 0 aromatic carbocycles. The summed E-state index contributed by atoms with van der Waals surface area (Å²) < 4.78 is 0. The van der Waals surface area contributed by atoms with E-state index >= 15 is 0 Å². The van der Waals surface area contributed by atoms with Gasteiger partial charge in [-0.15, -0.1) is 0 Å². The van der Waals surface area contributed by atoms with Crippen molar-refractivity contribution in [3.05, 3.63) is 0 Å². The normalized spacial score (nSPS) is 47.2. The Morgan fingerprint density at radius 2 is 1.74 bits per heavy atom. The molecule has 198 valence electrons. The van der Waals surface area contributed by atoms with E-state index in [2.05, 4.69) is 39.9 Å². The molecule has 0 radical (unpaired) electrons. The molecule has 10 atom stereocenters. The minimum Gasteiger partial charge on any atom is -0.393 e. The molecule has 0 aliphatic heterocycles. The third kappa shape index (κ3) is 4.52. The maximum atomic E-state index is 12.3. The van der Waals surface area contributed by atoms with Crippen LogP contribution in [0.4, 0.5) is 0 Å². The highest BCUT2D eigenvalue weighted by molar-refractivity contribution is 5.18. The Hall–Kier alpha value is -0.160. The predicted molar refractivity (Wildman–Crippen MR) is 141 cm³/mol. The van der Waals surface area contributed by atoms with Crippen LogP contribution in [0.5, 0.6) is 0 Å². The van der Waals surface area contributed by atoms with Crippen LogP contribution in [0.25, 0.3) is 0 Å². The van der Waals surface area contributed by atoms with Gasteiger partial charge in [0.05, 0.1) is 11.7 Å². The first-order valence-electron chi connectivity index (χ1n) is 14.9. The average Bonchev–Trinajstić information content (AvgIpc) is 3.12. The number of nitrogens with two attached hydrogens (primary N) is 1. The summed E-state index contributed by atoms with van der Waals surface area (Å²) in [6.07, 6.45) is 13.5. The van der Waals surface area contributed by atoms with Gasteiger partial charge in [0.15, 0.2) is 0 Å². The molecule has 4 heteroatoms. The van der Waals surface area contributed by atoms with Gasteiger partial charge in [-0.2, -0.15) is 0 Å². The zero-order chi connectivity index (χ0) is 24.7. The van der Waals surface area contributed by atoms with Gasteiger partial charge in [0, 0.05) is 17.9 Å². The van der Waals surface area contributed by atoms with E-state index in [-0.39, 0.29) is 17.6 Å². The first-order valence-corrected chi connectivity index (χ1v) is 14.9. The fourth-order valence-electron chi connectivity index (χ4n) is 9.95. The van der Waals surface area contributed by atoms with Crippen molar-refractivity contribution in [2.24, 2.45) is 52.1 Å². The molecule has 0 heterocycles. The van der Waals surface area contributed by atoms with E-state index in [9.17, 15) is 10.2 Å². The molecular weight excluding hydrogens is 420 g/mol. The van der Waals surface area contributed by atoms with Crippen LogP contribution in [0.15, 0.2) is 0 Å². The molecule has 0 amide bonds. The topological polar surface area (TPSA) is 78.5 Å². The summed E-state index contributed by atoms with van der Waals surface area (Å²) in [5.41, 5.74) is 5.35. The molecule has 5 N–H and O–H groups in total. The van der Waals surface area contributed by atoms with Gasteiger partial charge >= 0.3 is 0 Å². The Kier molecular flexibility index (Phi) is 8.15. The molecule has 4 aliphatic carbocycles. The van der Waals surface area contributed by atoms with Crippen LogP contribution in [-0.2, 0) is 0 Å². The van der Waals surface area contributed by atoms with Crippen molar-refractivity contribution in [3.8, 4) is 0 Å². The van der Waals surface area contributed by atoms with E-state index in [1.807, 2.05) is 0 Å². The third-order valence-corrected chi connectivity index (χ3v) is 11.8. The van der Waals surface area contributed by atoms with Gasteiger partial charge in [0.1, 0.15) is 0 Å². The minimum absolute atomic E-state index is 0.0742. The van der Waals surface area contributed by atoms with Crippen molar-refractivity contribution in [2.45, 2.75) is 129 Å². The number of aliphatic hydroxyl groups excluding tert-OH is 1. The standard InChI is InChI=1S/C30H56N2O2/c1-20(2)8-6-9-21(3)24-10-11-25-23-18-27(32-17-7-16-31)30(34)19-22(33)12-15-29(30,5)26(23)13-14-28(24,25)4/h20-27,32-34H,6-19,31H2,1-5H3/t21-,22?,23+,24-,25+,26+,27?,28-,29-,30+/m1/s1. The van der Waals surface area contributed by atoms with Gasteiger partial charge in [-0.25, -0.2) is 0 Å². The molecule has 0 spiro atoms. The number of hydrogen-bond donors (Lipinski definition) is 4. The van der Waals surface area contributed by atoms with Crippen LogP contribution in [0.3, 0.4) is 0 Å². The van der Waals surface area contributed by atoms with Gasteiger partial charge < -0.3 is 21.3 Å². The zero-order valence-electron chi connectivity index (χ0n) is 23.0. The van der Waals surface area contributed by atoms with Crippen molar-refractivity contribution >= 4 is 0 Å². The monoisotopic (exact) mass is 476 g/mol. The lowest BCUT2D eigenvalue weighted by atomic mass is 9.42. The average molecular weight is 477 g/mol. The molecule has 4 nitrogen and oxygen atoms in total. The van der Waals surface area contributed by atoms with Crippen LogP contribution in [0, 0.1) is 46.3 Å². The highest BCUT2D eigenvalue weighted by Crippen LogP contribution is 2.69. The molecular formula is C30H56N2O2. The molecule has 0 aromatic heterocycles. The summed E-state index contributed by atoms with van der Waals surface area (Å²) in [6.45, 7) is 13.8. The molecule has 34 heavy (non-hydrogen) atoms. The van der Waals surface area contributed by atoms with Crippen molar-refractivity contribution in [1.82, 2.24) is 5.32 Å². The molecule has 0 saturated heterocycles. The fourth-order valence-corrected chi connectivity index (χ4v) is 9.95. The van der Waals surface area contributed by atoms with Crippen molar-refractivity contribution in [3.63, 3.8) is 0 Å². The summed E-state index contributed by atoms with van der Waals surface area (Å²) in [5.74, 6) is 4.57. The second-order valence-corrected chi connectivity index (χ2v) is 14.0. The lowest BCUT2D eigenvalue weighted by molar-refractivity contribution is -0.234. The highest BCUT2D eigenvalue weighted by atomic mass is 16.3. The Morgan fingerprint density at radius 3 is 2.44 bits per heavy atom. The summed E-state index contributed by atoms with van der Waals surface area (Å²) >= 11 is 0. The zero-order valence-corrected chi connectivity index (χ0v) is 23.0. The lowest BCUT2D eigenvalue weighted by Crippen LogP contribution is -2.71. The van der Waals surface area contributed by atoms with E-state index in [4.69, 9.17) is 5.73 Å². The number of nitrogens with one attached hydrogen (secondary N) is 1. The molecule has 4 aliphatic rings. The molecule has 4 saturated carbocycles. The Bertz CT molecular complexity index is 685. The number of rotatable bonds is 9. The lowest BCUT2D eigenvalue weighted by Gasteiger charge is -2.66. The van der Waals surface area contributed by atoms with Crippen LogP contribution < -0.4 is 11.1 Å². The van der Waals surface area contributed by atoms with Crippen LogP contribution in [-0.4, -0.2) is 41.0 Å². The summed E-state index contributed by atoms with van der Waals surface area (Å²) in [5, 5.41) is 26.6. The Balaban J connectivity index is 1.56. The summed E-state index contributed by atoms with van der Waals surface area (Å²) in [7, 11) is 0. The second kappa shape index (κ2) is 10.3. The second-order valence-electron chi connectivity index (χ2n) is 14.0. The van der Waals surface area contributed by atoms with Gasteiger partial charge in [-0.3, -0.25) is 0 Å². The molecule has 4 rings (SSSR count). The van der Waals surface area contributed by atoms with Crippen molar-refractivity contribution in [1.29, 1.82) is 0 Å². The largest absolute Gasteiger partial charge is 0.393 e. The Labute approximate surface area is 210 Å². The van der Waals surface area contributed by atoms with E-state index in [0.29, 0.717) is 30.2 Å². The third-order valence-electron chi connectivity index (χ3n) is 11.8. The van der Waals surface area contributed by atoms with E-state index < -0.39 is 5.60 Å². The predicted octanol–water partition coefficient (Wildman–Crippen LogP) is 5.50. The Morgan fingerprint density at radius 1 is 0.971 bits per heavy atom. The van der Waals surface area contributed by atoms with Crippen LogP contribution in [0.2, 0.25) is 0 Å². The molecule has 4 fully saturated rings. The maximum absolute atomic E-state index is 12.3. The van der Waals surface area contributed by atoms with Crippen LogP contribution in [0.1, 0.15) is 112 Å². The number of fused-ring (bicyclic) bond motifs is 5. The highest BCUT2D eigenvalue weighted by Gasteiger charge is 2.67. The number of hydrogen-bond acceptors (Lipinski definition) is 4. The first-order chi connectivity index (χ1) is 16.1. The quantitative estimate of drug-likeness (QED) is 0.331. The van der Waals surface area contributed by atoms with Crippen molar-refractivity contribution < 1.29 is 10.2 Å². The fraction of sp³-hybridized carbons (Fsp3) is 1.00.